The van der Waals surface area contributed by atoms with Gasteiger partial charge in [0.2, 0.25) is 5.75 Å². The van der Waals surface area contributed by atoms with Gasteiger partial charge in [-0.25, -0.2) is 4.39 Å². The molecule has 1 unspecified atom stereocenters. The number of hydrogen-bond acceptors (Lipinski definition) is 6. The van der Waals surface area contributed by atoms with E-state index >= 15 is 0 Å². The standard InChI is InChI=1S/C25H23FN2O5/c1-27-19-7-5-6-8-20(19)28(17-10-9-15(14-29)18(26)13-17)23(25(27)30)16-11-21(31-2)24(33-4)22(12-16)32-3/h5-14,23H,1-4H3. The molecule has 0 radical (unpaired) electrons. The number of nitrogens with zero attached hydrogens (tertiary/aromatic N) is 2. The van der Waals surface area contributed by atoms with Crippen LogP contribution in [-0.2, 0) is 4.79 Å². The Morgan fingerprint density at radius 3 is 2.09 bits per heavy atom. The Bertz CT molecular complexity index is 1200. The Hall–Kier alpha value is -4.07. The molecule has 170 valence electrons. The van der Waals surface area contributed by atoms with E-state index in [1.165, 1.54) is 33.5 Å². The van der Waals surface area contributed by atoms with E-state index in [0.29, 0.717) is 46.2 Å². The smallest absolute Gasteiger partial charge is 0.254 e. The molecule has 3 aromatic rings. The van der Waals surface area contributed by atoms with Gasteiger partial charge in [0.15, 0.2) is 17.8 Å². The number of likely N-dealkylation sites (N-methyl/N-ethyl adjacent to an activating group) is 1. The second-order valence-electron chi connectivity index (χ2n) is 7.44. The highest BCUT2D eigenvalue weighted by atomic mass is 19.1. The Morgan fingerprint density at radius 1 is 0.909 bits per heavy atom. The molecule has 0 aliphatic carbocycles. The molecule has 8 heteroatoms. The molecule has 1 atom stereocenters. The molecule has 0 N–H and O–H groups in total. The highest BCUT2D eigenvalue weighted by Crippen LogP contribution is 2.48. The van der Waals surface area contributed by atoms with E-state index in [9.17, 15) is 14.0 Å². The Kier molecular flexibility index (Phi) is 5.91. The molecule has 1 amide bonds. The van der Waals surface area contributed by atoms with E-state index in [-0.39, 0.29) is 11.5 Å². The van der Waals surface area contributed by atoms with Crippen LogP contribution in [0.2, 0.25) is 0 Å². The summed E-state index contributed by atoms with van der Waals surface area (Å²) in [6, 6.07) is 14.2. The maximum Gasteiger partial charge on any atom is 0.254 e. The van der Waals surface area contributed by atoms with Gasteiger partial charge in [0.1, 0.15) is 11.9 Å². The van der Waals surface area contributed by atoms with Crippen molar-refractivity contribution in [2.75, 3.05) is 38.2 Å². The van der Waals surface area contributed by atoms with E-state index in [1.807, 2.05) is 24.3 Å². The van der Waals surface area contributed by atoms with E-state index in [0.717, 1.165) is 0 Å². The van der Waals surface area contributed by atoms with E-state index in [4.69, 9.17) is 14.2 Å². The van der Waals surface area contributed by atoms with Gasteiger partial charge in [-0.2, -0.15) is 0 Å². The zero-order chi connectivity index (χ0) is 23.7. The molecule has 0 aromatic heterocycles. The molecule has 0 saturated heterocycles. The fraction of sp³-hybridized carbons (Fsp3) is 0.200. The van der Waals surface area contributed by atoms with Crippen molar-refractivity contribution < 1.29 is 28.2 Å². The molecule has 0 spiro atoms. The normalized spacial score (nSPS) is 15.2. The average molecular weight is 450 g/mol. The van der Waals surface area contributed by atoms with Crippen molar-refractivity contribution in [1.82, 2.24) is 0 Å². The van der Waals surface area contributed by atoms with Gasteiger partial charge < -0.3 is 24.0 Å². The molecule has 0 saturated carbocycles. The van der Waals surface area contributed by atoms with Crippen LogP contribution in [0.3, 0.4) is 0 Å². The third-order valence-corrected chi connectivity index (χ3v) is 5.72. The quantitative estimate of drug-likeness (QED) is 0.515. The number of carbonyl (C=O) groups is 2. The van der Waals surface area contributed by atoms with Crippen molar-refractivity contribution in [3.8, 4) is 17.2 Å². The summed E-state index contributed by atoms with van der Waals surface area (Å²) < 4.78 is 31.0. The van der Waals surface area contributed by atoms with Crippen molar-refractivity contribution in [2.45, 2.75) is 6.04 Å². The van der Waals surface area contributed by atoms with Gasteiger partial charge >= 0.3 is 0 Å². The van der Waals surface area contributed by atoms with Crippen LogP contribution < -0.4 is 24.0 Å². The fourth-order valence-electron chi connectivity index (χ4n) is 4.10. The van der Waals surface area contributed by atoms with Gasteiger partial charge in [0.05, 0.1) is 38.3 Å². The van der Waals surface area contributed by atoms with E-state index in [2.05, 4.69) is 0 Å². The number of carbonyl (C=O) groups excluding carboxylic acids is 2. The van der Waals surface area contributed by atoms with Crippen LogP contribution in [-0.4, -0.2) is 40.6 Å². The summed E-state index contributed by atoms with van der Waals surface area (Å²) in [5, 5.41) is 0. The van der Waals surface area contributed by atoms with Crippen LogP contribution >= 0.6 is 0 Å². The second-order valence-corrected chi connectivity index (χ2v) is 7.44. The lowest BCUT2D eigenvalue weighted by Gasteiger charge is -2.42. The third kappa shape index (κ3) is 3.63. The number of benzene rings is 3. The van der Waals surface area contributed by atoms with Gasteiger partial charge in [-0.1, -0.05) is 12.1 Å². The van der Waals surface area contributed by atoms with Crippen LogP contribution in [0.25, 0.3) is 0 Å². The monoisotopic (exact) mass is 450 g/mol. The maximum atomic E-state index is 14.6. The zero-order valence-corrected chi connectivity index (χ0v) is 18.7. The molecular formula is C25H23FN2O5. The maximum absolute atomic E-state index is 14.6. The minimum atomic E-state index is -0.861. The van der Waals surface area contributed by atoms with Gasteiger partial charge in [-0.15, -0.1) is 0 Å². The summed E-state index contributed by atoms with van der Waals surface area (Å²) in [6.45, 7) is 0. The SMILES string of the molecule is COc1cc(C2C(=O)N(C)c3ccccc3N2c2ccc(C=O)c(F)c2)cc(OC)c1OC. The Balaban J connectivity index is 1.98. The summed E-state index contributed by atoms with van der Waals surface area (Å²) in [5.41, 5.74) is 2.31. The van der Waals surface area contributed by atoms with Crippen LogP contribution in [0.4, 0.5) is 21.5 Å². The van der Waals surface area contributed by atoms with Crippen LogP contribution in [0.5, 0.6) is 17.2 Å². The number of anilines is 3. The Labute approximate surface area is 190 Å². The van der Waals surface area contributed by atoms with Crippen LogP contribution in [0, 0.1) is 5.82 Å². The fourth-order valence-corrected chi connectivity index (χ4v) is 4.10. The molecular weight excluding hydrogens is 427 g/mol. The second kappa shape index (κ2) is 8.82. The highest BCUT2D eigenvalue weighted by Gasteiger charge is 2.39. The lowest BCUT2D eigenvalue weighted by molar-refractivity contribution is -0.119. The predicted octanol–water partition coefficient (Wildman–Crippen LogP) is 4.52. The minimum absolute atomic E-state index is 0.0585. The molecule has 1 heterocycles. The molecule has 4 rings (SSSR count). The number of amides is 1. The third-order valence-electron chi connectivity index (χ3n) is 5.72. The number of methoxy groups -OCH3 is 3. The molecule has 1 aliphatic heterocycles. The van der Waals surface area contributed by atoms with Gasteiger partial charge in [0.25, 0.3) is 5.91 Å². The zero-order valence-electron chi connectivity index (χ0n) is 18.7. The van der Waals surface area contributed by atoms with Crippen molar-refractivity contribution >= 4 is 29.3 Å². The topological polar surface area (TPSA) is 68.3 Å². The first-order valence-corrected chi connectivity index (χ1v) is 10.2. The summed E-state index contributed by atoms with van der Waals surface area (Å²) in [5.74, 6) is 0.277. The lowest BCUT2D eigenvalue weighted by atomic mass is 9.97. The number of aldehydes is 1. The molecule has 0 fully saturated rings. The highest BCUT2D eigenvalue weighted by molar-refractivity contribution is 6.07. The first-order valence-electron chi connectivity index (χ1n) is 10.2. The van der Waals surface area contributed by atoms with Crippen LogP contribution in [0.1, 0.15) is 22.0 Å². The van der Waals surface area contributed by atoms with E-state index < -0.39 is 11.9 Å². The van der Waals surface area contributed by atoms with Crippen molar-refractivity contribution in [3.63, 3.8) is 0 Å². The molecule has 1 aliphatic rings. The summed E-state index contributed by atoms with van der Waals surface area (Å²) >= 11 is 0. The first kappa shape index (κ1) is 22.1. The molecule has 33 heavy (non-hydrogen) atoms. The van der Waals surface area contributed by atoms with Gasteiger partial charge in [-0.3, -0.25) is 9.59 Å². The van der Waals surface area contributed by atoms with Gasteiger partial charge in [0, 0.05) is 12.7 Å². The van der Waals surface area contributed by atoms with E-state index in [1.54, 1.807) is 35.0 Å². The van der Waals surface area contributed by atoms with Crippen LogP contribution in [0.15, 0.2) is 54.6 Å². The lowest BCUT2D eigenvalue weighted by Crippen LogP contribution is -2.44. The van der Waals surface area contributed by atoms with Gasteiger partial charge in [-0.05, 0) is 48.0 Å². The largest absolute Gasteiger partial charge is 0.493 e. The number of rotatable bonds is 6. The number of halogens is 1. The Morgan fingerprint density at radius 2 is 1.55 bits per heavy atom. The molecule has 3 aromatic carbocycles. The minimum Gasteiger partial charge on any atom is -0.493 e. The molecule has 7 nitrogen and oxygen atoms in total. The average Bonchev–Trinajstić information content (AvgIpc) is 2.85. The van der Waals surface area contributed by atoms with Crippen molar-refractivity contribution in [1.29, 1.82) is 0 Å². The first-order chi connectivity index (χ1) is 15.9. The van der Waals surface area contributed by atoms with Crippen molar-refractivity contribution in [3.05, 3.63) is 71.5 Å². The molecule has 0 bridgehead atoms. The summed E-state index contributed by atoms with van der Waals surface area (Å²) in [7, 11) is 6.19. The van der Waals surface area contributed by atoms with Crippen molar-refractivity contribution in [2.24, 2.45) is 0 Å². The number of fused-ring (bicyclic) bond motifs is 1. The summed E-state index contributed by atoms with van der Waals surface area (Å²) in [4.78, 5) is 28.1. The number of ether oxygens (including phenoxy) is 3. The predicted molar refractivity (Wildman–Crippen MR) is 123 cm³/mol. The summed E-state index contributed by atoms with van der Waals surface area (Å²) in [6.07, 6.45) is 0.457. The number of para-hydroxylation sites is 2. The number of hydrogen-bond donors (Lipinski definition) is 0.